The number of pyridine rings is 1. The maximum Gasteiger partial charge on any atom is 0.252 e. The van der Waals surface area contributed by atoms with Gasteiger partial charge in [0.25, 0.3) is 5.91 Å². The standard InChI is InChI=1S/C56H84ClN17O13/c1-5-29(2)44(56(87)69-38(16-21-60)49(80)68-39(17-22-61)52(83)74-45(31(4)76)46(63)77)73-53(84)41(24-32-10-7-6-8-11-32)70-50(81)36(14-19-58)66-47(78)30(3)65-54(85)42(27-62)71-55(86)43(28-75)72-51(82)37(15-20-59)67-48(79)34-18-23-64-40(26-34)33-12-9-13-35(57)25-33/h6-13,18,23,25-26,29-31,36-39,41-45,75-76H,5,14-17,19-22,24,27-28,58-62H2,1-4H3,(H2,63,77)(H,65,85)(H,66,78)(H,67,79)(H,68,80)(H,69,87)(H,70,81)(H,71,86)(H,72,82)(H,73,84)(H,74,83)/t29-,30-,31+,36-,37-,38-,39-,41+,42-,43-,44-,45-/m0/s1. The molecule has 87 heavy (non-hydrogen) atoms. The molecule has 1 aromatic heterocycles. The highest BCUT2D eigenvalue weighted by Gasteiger charge is 2.36. The Morgan fingerprint density at radius 3 is 1.48 bits per heavy atom. The summed E-state index contributed by atoms with van der Waals surface area (Å²) in [5.74, 6) is -10.5. The molecular weight excluding hydrogens is 1150 g/mol. The van der Waals surface area contributed by atoms with Crippen molar-refractivity contribution < 1.29 is 63.0 Å². The van der Waals surface area contributed by atoms with E-state index < -0.39 is 151 Å². The van der Waals surface area contributed by atoms with Crippen LogP contribution in [0.25, 0.3) is 11.3 Å². The van der Waals surface area contributed by atoms with Crippen molar-refractivity contribution in [1.29, 1.82) is 0 Å². The molecule has 0 fully saturated rings. The van der Waals surface area contributed by atoms with Crippen LogP contribution in [0.2, 0.25) is 5.02 Å². The van der Waals surface area contributed by atoms with E-state index >= 15 is 0 Å². The molecule has 0 unspecified atom stereocenters. The number of amides is 11. The van der Waals surface area contributed by atoms with E-state index in [0.717, 1.165) is 0 Å². The molecule has 30 nitrogen and oxygen atoms in total. The van der Waals surface area contributed by atoms with Gasteiger partial charge in [0.15, 0.2) is 0 Å². The molecule has 0 spiro atoms. The van der Waals surface area contributed by atoms with E-state index in [1.54, 1.807) is 68.4 Å². The van der Waals surface area contributed by atoms with Crippen LogP contribution in [0.3, 0.4) is 0 Å². The van der Waals surface area contributed by atoms with E-state index in [-0.39, 0.29) is 63.8 Å². The van der Waals surface area contributed by atoms with E-state index in [2.05, 4.69) is 58.2 Å². The zero-order valence-corrected chi connectivity index (χ0v) is 49.8. The molecule has 0 saturated carbocycles. The minimum Gasteiger partial charge on any atom is -0.394 e. The third-order valence-corrected chi connectivity index (χ3v) is 14.0. The second kappa shape index (κ2) is 37.4. The fraction of sp³-hybridized carbons (Fsp3) is 0.500. The van der Waals surface area contributed by atoms with Gasteiger partial charge in [-0.15, -0.1) is 0 Å². The first kappa shape index (κ1) is 73.0. The number of benzene rings is 2. The second-order valence-corrected chi connectivity index (χ2v) is 20.9. The molecule has 478 valence electrons. The van der Waals surface area contributed by atoms with E-state index in [4.69, 9.17) is 46.0 Å². The van der Waals surface area contributed by atoms with Crippen LogP contribution in [0.4, 0.5) is 0 Å². The quantitative estimate of drug-likeness (QED) is 0.0256. The lowest BCUT2D eigenvalue weighted by molar-refractivity contribution is -0.136. The van der Waals surface area contributed by atoms with Gasteiger partial charge in [0, 0.05) is 35.3 Å². The number of hydrogen-bond donors (Lipinski definition) is 18. The summed E-state index contributed by atoms with van der Waals surface area (Å²) < 4.78 is 0. The molecule has 3 aromatic rings. The van der Waals surface area contributed by atoms with Gasteiger partial charge in [0.2, 0.25) is 59.1 Å². The van der Waals surface area contributed by atoms with Crippen LogP contribution in [0.5, 0.6) is 0 Å². The normalized spacial score (nSPS) is 15.2. The lowest BCUT2D eigenvalue weighted by Gasteiger charge is -2.30. The Hall–Kier alpha value is -8.23. The van der Waals surface area contributed by atoms with E-state index in [1.807, 2.05) is 0 Å². The summed E-state index contributed by atoms with van der Waals surface area (Å²) >= 11 is 6.13. The van der Waals surface area contributed by atoms with Crippen LogP contribution in [-0.4, -0.2) is 186 Å². The molecule has 1 heterocycles. The summed E-state index contributed by atoms with van der Waals surface area (Å²) in [6.45, 7) is 3.92. The van der Waals surface area contributed by atoms with E-state index in [1.165, 1.54) is 32.2 Å². The van der Waals surface area contributed by atoms with Crippen LogP contribution in [-0.2, 0) is 54.4 Å². The average molecular weight is 1240 g/mol. The highest BCUT2D eigenvalue weighted by molar-refractivity contribution is 6.30. The molecule has 2 aromatic carbocycles. The van der Waals surface area contributed by atoms with Crippen molar-refractivity contribution in [3.05, 3.63) is 89.1 Å². The van der Waals surface area contributed by atoms with Crippen LogP contribution in [0.1, 0.15) is 75.7 Å². The van der Waals surface area contributed by atoms with Gasteiger partial charge in [-0.25, -0.2) is 0 Å². The predicted molar refractivity (Wildman–Crippen MR) is 320 cm³/mol. The van der Waals surface area contributed by atoms with Gasteiger partial charge in [0.05, 0.1) is 18.4 Å². The van der Waals surface area contributed by atoms with Crippen molar-refractivity contribution in [2.75, 3.05) is 39.3 Å². The molecule has 12 atom stereocenters. The number of carbonyl (C=O) groups excluding carboxylic acids is 11. The number of nitrogens with one attached hydrogen (secondary N) is 10. The number of aromatic nitrogens is 1. The molecule has 0 saturated heterocycles. The van der Waals surface area contributed by atoms with Gasteiger partial charge in [-0.2, -0.15) is 0 Å². The zero-order valence-electron chi connectivity index (χ0n) is 49.0. The third kappa shape index (κ3) is 23.5. The molecule has 11 amide bonds. The molecule has 0 aliphatic rings. The summed E-state index contributed by atoms with van der Waals surface area (Å²) in [6.07, 6.45) is -0.321. The highest BCUT2D eigenvalue weighted by Crippen LogP contribution is 2.22. The summed E-state index contributed by atoms with van der Waals surface area (Å²) in [5, 5.41) is 45.4. The first-order valence-corrected chi connectivity index (χ1v) is 28.6. The molecule has 3 rings (SSSR count). The number of hydrogen-bond acceptors (Lipinski definition) is 19. The minimum absolute atomic E-state index is 0.0743. The summed E-state index contributed by atoms with van der Waals surface area (Å²) in [6, 6.07) is 3.88. The molecule has 0 radical (unpaired) electrons. The Morgan fingerprint density at radius 2 is 0.977 bits per heavy atom. The molecule has 24 N–H and O–H groups in total. The molecule has 0 bridgehead atoms. The lowest BCUT2D eigenvalue weighted by Crippen LogP contribution is -2.62. The van der Waals surface area contributed by atoms with Gasteiger partial charge >= 0.3 is 0 Å². The monoisotopic (exact) mass is 1240 g/mol. The topological polar surface area (TPSA) is 518 Å². The maximum absolute atomic E-state index is 14.4. The van der Waals surface area contributed by atoms with Crippen LogP contribution in [0.15, 0.2) is 72.9 Å². The Morgan fingerprint density at radius 1 is 0.517 bits per heavy atom. The van der Waals surface area contributed by atoms with Crippen molar-refractivity contribution in [3.8, 4) is 11.3 Å². The largest absolute Gasteiger partial charge is 0.394 e. The number of nitrogens with two attached hydrogens (primary N) is 6. The average Bonchev–Trinajstić information content (AvgIpc) is 3.53. The van der Waals surface area contributed by atoms with Gasteiger partial charge in [-0.3, -0.25) is 57.7 Å². The molecule has 31 heteroatoms. The summed E-state index contributed by atoms with van der Waals surface area (Å²) in [7, 11) is 0. The molecular formula is C56H84ClN17O13. The maximum atomic E-state index is 14.4. The number of aliphatic hydroxyl groups is 2. The lowest BCUT2D eigenvalue weighted by atomic mass is 9.96. The van der Waals surface area contributed by atoms with Crippen LogP contribution in [0, 0.1) is 5.92 Å². The van der Waals surface area contributed by atoms with Gasteiger partial charge in [-0.05, 0) is 101 Å². The Balaban J connectivity index is 1.74. The van der Waals surface area contributed by atoms with Crippen molar-refractivity contribution >= 4 is 76.6 Å². The minimum atomic E-state index is -1.67. The first-order chi connectivity index (χ1) is 41.4. The van der Waals surface area contributed by atoms with Crippen LogP contribution >= 0.6 is 11.6 Å². The smallest absolute Gasteiger partial charge is 0.252 e. The van der Waals surface area contributed by atoms with Crippen molar-refractivity contribution in [1.82, 2.24) is 58.2 Å². The highest BCUT2D eigenvalue weighted by atomic mass is 35.5. The Bertz CT molecular complexity index is 2820. The summed E-state index contributed by atoms with van der Waals surface area (Å²) in [4.78, 5) is 153. The third-order valence-electron chi connectivity index (χ3n) is 13.7. The number of primary amides is 1. The number of nitrogens with zero attached hydrogens (tertiary/aromatic N) is 1. The molecule has 0 aliphatic carbocycles. The number of rotatable bonds is 37. The fourth-order valence-electron chi connectivity index (χ4n) is 8.51. The second-order valence-electron chi connectivity index (χ2n) is 20.5. The number of carbonyl (C=O) groups is 11. The van der Waals surface area contributed by atoms with Gasteiger partial charge < -0.3 is 97.8 Å². The van der Waals surface area contributed by atoms with Crippen LogP contribution < -0.4 is 87.6 Å². The van der Waals surface area contributed by atoms with E-state index in [0.29, 0.717) is 28.3 Å². The number of halogens is 1. The van der Waals surface area contributed by atoms with Gasteiger partial charge in [-0.1, -0.05) is 74.3 Å². The molecule has 0 aliphatic heterocycles. The Kier molecular flexibility index (Phi) is 31.4. The van der Waals surface area contributed by atoms with Crippen molar-refractivity contribution in [3.63, 3.8) is 0 Å². The first-order valence-electron chi connectivity index (χ1n) is 28.3. The van der Waals surface area contributed by atoms with Gasteiger partial charge in [0.1, 0.15) is 60.4 Å². The summed E-state index contributed by atoms with van der Waals surface area (Å²) in [5.41, 5.74) is 36.1. The Labute approximate surface area is 508 Å². The predicted octanol–water partition coefficient (Wildman–Crippen LogP) is -5.62. The SMILES string of the molecule is CC[C@H](C)[C@H](NC(=O)[C@@H](Cc1ccccc1)NC(=O)[C@H](CCN)NC(=O)[C@H](C)NC(=O)[C@H](CN)NC(=O)[C@H](CO)NC(=O)[C@H](CCN)NC(=O)c1ccnc(-c2cccc(Cl)c2)c1)C(=O)N[C@@H](CCN)C(=O)N[C@@H](CCN)C(=O)N[C@H](C(N)=O)[C@@H](C)O. The van der Waals surface area contributed by atoms with Crippen molar-refractivity contribution in [2.45, 2.75) is 133 Å². The van der Waals surface area contributed by atoms with Crippen molar-refractivity contribution in [2.24, 2.45) is 40.3 Å². The zero-order chi connectivity index (χ0) is 64.9. The van der Waals surface area contributed by atoms with E-state index in [9.17, 15) is 63.0 Å². The number of aliphatic hydroxyl groups excluding tert-OH is 2. The fourth-order valence-corrected chi connectivity index (χ4v) is 8.70.